The maximum Gasteiger partial charge on any atom is 0.251 e. The number of hydrogen-bond donors (Lipinski definition) is 2. The Hall–Kier alpha value is -1.29. The number of carbonyl (C=O) groups excluding carboxylic acids is 1. The Morgan fingerprint density at radius 2 is 2.28 bits per heavy atom. The summed E-state index contributed by atoms with van der Waals surface area (Å²) in [6, 6.07) is 3.55. The summed E-state index contributed by atoms with van der Waals surface area (Å²) < 4.78 is 0. The number of aromatic nitrogens is 1. The molecule has 1 aliphatic carbocycles. The molecule has 0 radical (unpaired) electrons. The summed E-state index contributed by atoms with van der Waals surface area (Å²) in [6.07, 6.45) is 2.42. The van der Waals surface area contributed by atoms with Gasteiger partial charge in [0.2, 0.25) is 0 Å². The molecule has 1 amide bonds. The minimum atomic E-state index is -0.0853. The summed E-state index contributed by atoms with van der Waals surface area (Å²) in [7, 11) is 0. The van der Waals surface area contributed by atoms with E-state index in [1.54, 1.807) is 12.1 Å². The first-order chi connectivity index (χ1) is 8.60. The topological polar surface area (TPSA) is 54.0 Å². The van der Waals surface area contributed by atoms with Gasteiger partial charge in [-0.05, 0) is 44.7 Å². The van der Waals surface area contributed by atoms with Gasteiger partial charge in [0.1, 0.15) is 11.0 Å². The number of hydrogen-bond acceptors (Lipinski definition) is 3. The molecule has 2 rings (SSSR count). The van der Waals surface area contributed by atoms with E-state index in [1.165, 1.54) is 12.8 Å². The molecule has 1 unspecified atom stereocenters. The van der Waals surface area contributed by atoms with Crippen LogP contribution in [0.5, 0.6) is 0 Å². The smallest absolute Gasteiger partial charge is 0.251 e. The Labute approximate surface area is 112 Å². The Bertz CT molecular complexity index is 446. The molecule has 0 saturated heterocycles. The molecule has 0 aliphatic heterocycles. The highest BCUT2D eigenvalue weighted by atomic mass is 35.5. The maximum atomic E-state index is 12.1. The van der Waals surface area contributed by atoms with Crippen molar-refractivity contribution in [1.29, 1.82) is 0 Å². The van der Waals surface area contributed by atoms with Gasteiger partial charge in [0.15, 0.2) is 0 Å². The quantitative estimate of drug-likeness (QED) is 0.807. The molecule has 1 fully saturated rings. The fourth-order valence-electron chi connectivity index (χ4n) is 1.90. The van der Waals surface area contributed by atoms with Crippen LogP contribution in [0, 0.1) is 5.92 Å². The van der Waals surface area contributed by atoms with Crippen molar-refractivity contribution in [3.8, 4) is 0 Å². The first-order valence-electron chi connectivity index (χ1n) is 6.32. The van der Waals surface area contributed by atoms with E-state index in [-0.39, 0.29) is 11.9 Å². The van der Waals surface area contributed by atoms with Crippen LogP contribution in [0.15, 0.2) is 12.1 Å². The summed E-state index contributed by atoms with van der Waals surface area (Å²) in [5, 5.41) is 6.39. The number of nitrogens with zero attached hydrogens (tertiary/aromatic N) is 1. The predicted octanol–water partition coefficient (Wildman–Crippen LogP) is 2.70. The zero-order valence-electron chi connectivity index (χ0n) is 10.7. The molecule has 0 aromatic carbocycles. The molecule has 1 saturated carbocycles. The van der Waals surface area contributed by atoms with Crippen LogP contribution >= 0.6 is 11.6 Å². The van der Waals surface area contributed by atoms with E-state index < -0.39 is 0 Å². The van der Waals surface area contributed by atoms with Gasteiger partial charge in [-0.2, -0.15) is 0 Å². The average molecular weight is 268 g/mol. The van der Waals surface area contributed by atoms with Gasteiger partial charge in [-0.3, -0.25) is 4.79 Å². The van der Waals surface area contributed by atoms with Crippen molar-refractivity contribution in [2.75, 3.05) is 11.9 Å². The molecule has 1 aliphatic rings. The van der Waals surface area contributed by atoms with E-state index in [9.17, 15) is 4.79 Å². The summed E-state index contributed by atoms with van der Waals surface area (Å²) >= 11 is 5.91. The lowest BCUT2D eigenvalue weighted by Crippen LogP contribution is -2.34. The second kappa shape index (κ2) is 5.57. The molecule has 0 bridgehead atoms. The van der Waals surface area contributed by atoms with Gasteiger partial charge in [-0.1, -0.05) is 11.6 Å². The zero-order valence-corrected chi connectivity index (χ0v) is 11.4. The van der Waals surface area contributed by atoms with E-state index in [4.69, 9.17) is 11.6 Å². The van der Waals surface area contributed by atoms with Crippen molar-refractivity contribution in [3.63, 3.8) is 0 Å². The van der Waals surface area contributed by atoms with Gasteiger partial charge in [0, 0.05) is 18.2 Å². The maximum absolute atomic E-state index is 12.1. The summed E-state index contributed by atoms with van der Waals surface area (Å²) in [5.41, 5.74) is 0.554. The zero-order chi connectivity index (χ0) is 13.1. The van der Waals surface area contributed by atoms with Crippen LogP contribution < -0.4 is 10.6 Å². The Kier molecular flexibility index (Phi) is 4.07. The first-order valence-corrected chi connectivity index (χ1v) is 6.70. The average Bonchev–Trinajstić information content (AvgIpc) is 3.12. The normalized spacial score (nSPS) is 16.2. The first kappa shape index (κ1) is 13.1. The van der Waals surface area contributed by atoms with Crippen LogP contribution in [0.25, 0.3) is 0 Å². The van der Waals surface area contributed by atoms with Gasteiger partial charge in [0.25, 0.3) is 5.91 Å². The number of nitrogens with one attached hydrogen (secondary N) is 2. The van der Waals surface area contributed by atoms with Crippen molar-refractivity contribution >= 4 is 23.3 Å². The molecule has 1 heterocycles. The number of pyridine rings is 1. The van der Waals surface area contributed by atoms with Crippen molar-refractivity contribution in [1.82, 2.24) is 10.3 Å². The second-order valence-corrected chi connectivity index (χ2v) is 5.08. The van der Waals surface area contributed by atoms with Crippen LogP contribution in [0.3, 0.4) is 0 Å². The molecule has 98 valence electrons. The third-order valence-corrected chi connectivity index (χ3v) is 3.30. The van der Waals surface area contributed by atoms with Gasteiger partial charge in [0.05, 0.1) is 0 Å². The van der Waals surface area contributed by atoms with E-state index in [2.05, 4.69) is 15.6 Å². The molecule has 0 spiro atoms. The highest BCUT2D eigenvalue weighted by Gasteiger charge is 2.29. The summed E-state index contributed by atoms with van der Waals surface area (Å²) in [5.74, 6) is 1.19. The monoisotopic (exact) mass is 267 g/mol. The lowest BCUT2D eigenvalue weighted by atomic mass is 10.2. The molecule has 1 aromatic rings. The fourth-order valence-corrected chi connectivity index (χ4v) is 2.11. The Balaban J connectivity index is 2.08. The number of rotatable bonds is 5. The van der Waals surface area contributed by atoms with Gasteiger partial charge >= 0.3 is 0 Å². The number of halogens is 1. The molecule has 1 atom stereocenters. The van der Waals surface area contributed by atoms with E-state index >= 15 is 0 Å². The lowest BCUT2D eigenvalue weighted by molar-refractivity contribution is 0.0936. The molecule has 5 heteroatoms. The third-order valence-electron chi connectivity index (χ3n) is 3.10. The molecule has 4 nitrogen and oxygen atoms in total. The van der Waals surface area contributed by atoms with E-state index in [1.807, 2.05) is 13.8 Å². The van der Waals surface area contributed by atoms with Gasteiger partial charge in [-0.25, -0.2) is 4.98 Å². The minimum absolute atomic E-state index is 0.0853. The molecule has 18 heavy (non-hydrogen) atoms. The third kappa shape index (κ3) is 3.35. The standard InChI is InChI=1S/C13H18ClN3O/c1-3-15-12-7-10(6-11(14)17-12)13(18)16-8(2)9-4-5-9/h6-9H,3-5H2,1-2H3,(H,15,17)(H,16,18). The second-order valence-electron chi connectivity index (χ2n) is 4.69. The van der Waals surface area contributed by atoms with Gasteiger partial charge in [-0.15, -0.1) is 0 Å². The molecular weight excluding hydrogens is 250 g/mol. The predicted molar refractivity (Wildman–Crippen MR) is 73.1 cm³/mol. The Morgan fingerprint density at radius 3 is 2.89 bits per heavy atom. The number of carbonyl (C=O) groups is 1. The van der Waals surface area contributed by atoms with Gasteiger partial charge < -0.3 is 10.6 Å². The fraction of sp³-hybridized carbons (Fsp3) is 0.538. The highest BCUT2D eigenvalue weighted by Crippen LogP contribution is 2.32. The number of anilines is 1. The lowest BCUT2D eigenvalue weighted by Gasteiger charge is -2.13. The SMILES string of the molecule is CCNc1cc(C(=O)NC(C)C2CC2)cc(Cl)n1. The minimum Gasteiger partial charge on any atom is -0.370 e. The van der Waals surface area contributed by atoms with Crippen molar-refractivity contribution < 1.29 is 4.79 Å². The van der Waals surface area contributed by atoms with Crippen LogP contribution in [-0.4, -0.2) is 23.5 Å². The molecule has 1 aromatic heterocycles. The van der Waals surface area contributed by atoms with Crippen LogP contribution in [0.4, 0.5) is 5.82 Å². The largest absolute Gasteiger partial charge is 0.370 e. The Morgan fingerprint density at radius 1 is 1.56 bits per heavy atom. The van der Waals surface area contributed by atoms with E-state index in [0.29, 0.717) is 22.5 Å². The van der Waals surface area contributed by atoms with Crippen molar-refractivity contribution in [2.45, 2.75) is 32.7 Å². The molecule has 2 N–H and O–H groups in total. The highest BCUT2D eigenvalue weighted by molar-refractivity contribution is 6.29. The summed E-state index contributed by atoms with van der Waals surface area (Å²) in [4.78, 5) is 16.2. The molecular formula is C13H18ClN3O. The van der Waals surface area contributed by atoms with E-state index in [0.717, 1.165) is 6.54 Å². The summed E-state index contributed by atoms with van der Waals surface area (Å²) in [6.45, 7) is 4.76. The van der Waals surface area contributed by atoms with Crippen molar-refractivity contribution in [3.05, 3.63) is 22.8 Å². The van der Waals surface area contributed by atoms with Crippen LogP contribution in [0.2, 0.25) is 5.15 Å². The van der Waals surface area contributed by atoms with Crippen LogP contribution in [-0.2, 0) is 0 Å². The van der Waals surface area contributed by atoms with Crippen molar-refractivity contribution in [2.24, 2.45) is 5.92 Å². The number of amides is 1. The van der Waals surface area contributed by atoms with Crippen LogP contribution in [0.1, 0.15) is 37.0 Å².